The van der Waals surface area contributed by atoms with Crippen LogP contribution in [0.5, 0.6) is 0 Å². The van der Waals surface area contributed by atoms with Crippen LogP contribution in [0.4, 0.5) is 23.5 Å². The smallest absolute Gasteiger partial charge is 0.233 e. The second kappa shape index (κ2) is 5.09. The highest BCUT2D eigenvalue weighted by atomic mass is 15.3. The van der Waals surface area contributed by atoms with Crippen LogP contribution >= 0.6 is 0 Å². The number of anilines is 4. The van der Waals surface area contributed by atoms with Crippen molar-refractivity contribution < 1.29 is 0 Å². The van der Waals surface area contributed by atoms with Crippen LogP contribution in [0.1, 0.15) is 12.8 Å². The van der Waals surface area contributed by atoms with E-state index in [2.05, 4.69) is 25.2 Å². The van der Waals surface area contributed by atoms with Gasteiger partial charge in [-0.15, -0.1) is 0 Å². The summed E-state index contributed by atoms with van der Waals surface area (Å²) in [5, 5.41) is 3.14. The van der Waals surface area contributed by atoms with Gasteiger partial charge >= 0.3 is 0 Å². The molecule has 0 amide bonds. The van der Waals surface area contributed by atoms with Crippen LogP contribution in [-0.4, -0.2) is 28.0 Å². The van der Waals surface area contributed by atoms with Crippen molar-refractivity contribution in [3.8, 4) is 0 Å². The van der Waals surface area contributed by atoms with Gasteiger partial charge in [-0.2, -0.15) is 15.0 Å². The molecule has 3 N–H and O–H groups in total. The quantitative estimate of drug-likeness (QED) is 0.871. The minimum Gasteiger partial charge on any atom is -0.368 e. The third-order valence-electron chi connectivity index (χ3n) is 3.06. The maximum Gasteiger partial charge on any atom is 0.233 e. The lowest BCUT2D eigenvalue weighted by atomic mass is 10.3. The van der Waals surface area contributed by atoms with Gasteiger partial charge in [0.15, 0.2) is 0 Å². The Balaban J connectivity index is 1.85. The molecule has 0 unspecified atom stereocenters. The van der Waals surface area contributed by atoms with Gasteiger partial charge < -0.3 is 16.0 Å². The number of rotatable bonds is 3. The number of nitrogen functional groups attached to an aromatic ring is 1. The molecule has 1 aromatic heterocycles. The average Bonchev–Trinajstić information content (AvgIpc) is 2.93. The predicted octanol–water partition coefficient (Wildman–Crippen LogP) is 1.80. The molecule has 1 aliphatic rings. The number of para-hydroxylation sites is 1. The topological polar surface area (TPSA) is 80.0 Å². The molecule has 1 aromatic carbocycles. The normalized spacial score (nSPS) is 14.6. The van der Waals surface area contributed by atoms with E-state index in [0.29, 0.717) is 11.9 Å². The first-order valence-corrected chi connectivity index (χ1v) is 6.40. The van der Waals surface area contributed by atoms with Gasteiger partial charge in [0.25, 0.3) is 0 Å². The van der Waals surface area contributed by atoms with Gasteiger partial charge in [0, 0.05) is 18.8 Å². The third kappa shape index (κ3) is 2.73. The van der Waals surface area contributed by atoms with Crippen molar-refractivity contribution in [3.63, 3.8) is 0 Å². The molecule has 3 rings (SSSR count). The highest BCUT2D eigenvalue weighted by Crippen LogP contribution is 2.19. The lowest BCUT2D eigenvalue weighted by Gasteiger charge is -2.16. The van der Waals surface area contributed by atoms with Gasteiger partial charge in [0.2, 0.25) is 17.8 Å². The first kappa shape index (κ1) is 11.7. The fourth-order valence-corrected chi connectivity index (χ4v) is 2.15. The summed E-state index contributed by atoms with van der Waals surface area (Å²) >= 11 is 0. The van der Waals surface area contributed by atoms with Crippen molar-refractivity contribution in [1.82, 2.24) is 15.0 Å². The van der Waals surface area contributed by atoms with E-state index in [1.165, 1.54) is 12.8 Å². The summed E-state index contributed by atoms with van der Waals surface area (Å²) in [6.07, 6.45) is 2.35. The zero-order valence-corrected chi connectivity index (χ0v) is 10.6. The number of hydrogen-bond donors (Lipinski definition) is 2. The number of aromatic nitrogens is 3. The standard InChI is InChI=1S/C13H16N6/c14-11-16-12(15-10-6-2-1-3-7-10)18-13(17-11)19-8-4-5-9-19/h1-3,6-7H,4-5,8-9H2,(H3,14,15,16,17,18). The summed E-state index contributed by atoms with van der Waals surface area (Å²) in [6.45, 7) is 1.96. The highest BCUT2D eigenvalue weighted by Gasteiger charge is 2.16. The van der Waals surface area contributed by atoms with E-state index in [-0.39, 0.29) is 5.95 Å². The Bertz CT molecular complexity index is 550. The van der Waals surface area contributed by atoms with Crippen LogP contribution < -0.4 is 16.0 Å². The van der Waals surface area contributed by atoms with E-state index in [1.54, 1.807) is 0 Å². The van der Waals surface area contributed by atoms with Crippen molar-refractivity contribution >= 4 is 23.5 Å². The van der Waals surface area contributed by atoms with Crippen molar-refractivity contribution in [2.24, 2.45) is 0 Å². The summed E-state index contributed by atoms with van der Waals surface area (Å²) in [6, 6.07) is 9.77. The molecular formula is C13H16N6. The van der Waals surface area contributed by atoms with E-state index in [4.69, 9.17) is 5.73 Å². The molecule has 6 nitrogen and oxygen atoms in total. The fourth-order valence-electron chi connectivity index (χ4n) is 2.15. The molecule has 1 aliphatic heterocycles. The molecule has 0 atom stereocenters. The number of nitrogens with two attached hydrogens (primary N) is 1. The molecule has 0 spiro atoms. The Morgan fingerprint density at radius 1 is 1.00 bits per heavy atom. The van der Waals surface area contributed by atoms with Crippen LogP contribution in [0.3, 0.4) is 0 Å². The molecule has 2 heterocycles. The maximum atomic E-state index is 5.75. The van der Waals surface area contributed by atoms with Gasteiger partial charge in [-0.25, -0.2) is 0 Å². The molecule has 6 heteroatoms. The lowest BCUT2D eigenvalue weighted by Crippen LogP contribution is -2.21. The Morgan fingerprint density at radius 3 is 2.47 bits per heavy atom. The Labute approximate surface area is 111 Å². The summed E-state index contributed by atoms with van der Waals surface area (Å²) < 4.78 is 0. The first-order valence-electron chi connectivity index (χ1n) is 6.40. The Hall–Kier alpha value is -2.37. The maximum absolute atomic E-state index is 5.75. The van der Waals surface area contributed by atoms with Crippen molar-refractivity contribution in [2.75, 3.05) is 29.0 Å². The predicted molar refractivity (Wildman–Crippen MR) is 75.4 cm³/mol. The fraction of sp³-hybridized carbons (Fsp3) is 0.308. The number of nitrogens with one attached hydrogen (secondary N) is 1. The van der Waals surface area contributed by atoms with E-state index < -0.39 is 0 Å². The summed E-state index contributed by atoms with van der Waals surface area (Å²) in [5.74, 6) is 1.39. The lowest BCUT2D eigenvalue weighted by molar-refractivity contribution is 0.887. The van der Waals surface area contributed by atoms with Gasteiger partial charge in [-0.1, -0.05) is 18.2 Å². The number of benzene rings is 1. The molecular weight excluding hydrogens is 240 g/mol. The van der Waals surface area contributed by atoms with Gasteiger partial charge in [0.1, 0.15) is 0 Å². The molecule has 2 aromatic rings. The monoisotopic (exact) mass is 256 g/mol. The van der Waals surface area contributed by atoms with Crippen LogP contribution in [0.15, 0.2) is 30.3 Å². The van der Waals surface area contributed by atoms with Gasteiger partial charge in [-0.3, -0.25) is 0 Å². The van der Waals surface area contributed by atoms with Crippen LogP contribution in [-0.2, 0) is 0 Å². The minimum absolute atomic E-state index is 0.246. The van der Waals surface area contributed by atoms with E-state index in [9.17, 15) is 0 Å². The van der Waals surface area contributed by atoms with Crippen molar-refractivity contribution in [1.29, 1.82) is 0 Å². The molecule has 0 saturated carbocycles. The average molecular weight is 256 g/mol. The SMILES string of the molecule is Nc1nc(Nc2ccccc2)nc(N2CCCC2)n1. The molecule has 0 aliphatic carbocycles. The van der Waals surface area contributed by atoms with Gasteiger partial charge in [0.05, 0.1) is 0 Å². The molecule has 0 radical (unpaired) electrons. The first-order chi connectivity index (χ1) is 9.31. The molecule has 0 bridgehead atoms. The van der Waals surface area contributed by atoms with Crippen LogP contribution in [0.25, 0.3) is 0 Å². The van der Waals surface area contributed by atoms with E-state index in [0.717, 1.165) is 18.8 Å². The van der Waals surface area contributed by atoms with E-state index >= 15 is 0 Å². The minimum atomic E-state index is 0.246. The zero-order valence-electron chi connectivity index (χ0n) is 10.6. The second-order valence-corrected chi connectivity index (χ2v) is 4.50. The second-order valence-electron chi connectivity index (χ2n) is 4.50. The number of nitrogens with zero attached hydrogens (tertiary/aromatic N) is 4. The third-order valence-corrected chi connectivity index (χ3v) is 3.06. The zero-order chi connectivity index (χ0) is 13.1. The summed E-state index contributed by atoms with van der Waals surface area (Å²) in [5.41, 5.74) is 6.68. The number of hydrogen-bond acceptors (Lipinski definition) is 6. The molecule has 98 valence electrons. The Kier molecular flexibility index (Phi) is 3.14. The summed E-state index contributed by atoms with van der Waals surface area (Å²) in [4.78, 5) is 14.9. The Morgan fingerprint density at radius 2 is 1.74 bits per heavy atom. The molecule has 19 heavy (non-hydrogen) atoms. The largest absolute Gasteiger partial charge is 0.368 e. The molecule has 1 saturated heterocycles. The highest BCUT2D eigenvalue weighted by molar-refractivity contribution is 5.55. The van der Waals surface area contributed by atoms with Crippen molar-refractivity contribution in [2.45, 2.75) is 12.8 Å². The summed E-state index contributed by atoms with van der Waals surface area (Å²) in [7, 11) is 0. The molecule has 1 fully saturated rings. The van der Waals surface area contributed by atoms with Crippen molar-refractivity contribution in [3.05, 3.63) is 30.3 Å². The van der Waals surface area contributed by atoms with Gasteiger partial charge in [-0.05, 0) is 25.0 Å². The van der Waals surface area contributed by atoms with E-state index in [1.807, 2.05) is 30.3 Å². The van der Waals surface area contributed by atoms with Crippen LogP contribution in [0.2, 0.25) is 0 Å². The van der Waals surface area contributed by atoms with Crippen LogP contribution in [0, 0.1) is 0 Å².